The number of hydrogen-bond acceptors (Lipinski definition) is 8. The van der Waals surface area contributed by atoms with E-state index in [1.807, 2.05) is 13.0 Å². The van der Waals surface area contributed by atoms with Gasteiger partial charge in [0.15, 0.2) is 17.5 Å². The molecule has 0 spiro atoms. The lowest BCUT2D eigenvalue weighted by molar-refractivity contribution is -0.157. The highest BCUT2D eigenvalue weighted by atomic mass is 19.4. The van der Waals surface area contributed by atoms with Gasteiger partial charge in [-0.2, -0.15) is 18.3 Å². The van der Waals surface area contributed by atoms with Crippen molar-refractivity contribution in [3.05, 3.63) is 42.7 Å². The molecule has 0 aliphatic carbocycles. The molecule has 1 saturated heterocycles. The molecule has 1 aliphatic heterocycles. The average molecular weight is 487 g/mol. The number of aryl methyl sites for hydroxylation is 1. The van der Waals surface area contributed by atoms with Gasteiger partial charge in [-0.15, -0.1) is 0 Å². The molecule has 5 rings (SSSR count). The number of imidazole rings is 1. The molecule has 184 valence electrons. The number of nitrogens with zero attached hydrogens (tertiary/aromatic N) is 9. The van der Waals surface area contributed by atoms with Gasteiger partial charge >= 0.3 is 6.18 Å². The maximum atomic E-state index is 12.5. The van der Waals surface area contributed by atoms with Gasteiger partial charge in [0.05, 0.1) is 36.1 Å². The molecule has 0 bridgehead atoms. The van der Waals surface area contributed by atoms with Crippen LogP contribution in [0.1, 0.15) is 31.8 Å². The largest absolute Gasteiger partial charge is 0.401 e. The molecule has 1 fully saturated rings. The highest BCUT2D eigenvalue weighted by Gasteiger charge is 2.38. The van der Waals surface area contributed by atoms with E-state index in [4.69, 9.17) is 5.84 Å². The Morgan fingerprint density at radius 1 is 1.14 bits per heavy atom. The molecule has 2 N–H and O–H groups in total. The van der Waals surface area contributed by atoms with E-state index in [0.29, 0.717) is 36.1 Å². The van der Waals surface area contributed by atoms with Crippen LogP contribution < -0.4 is 10.9 Å². The standard InChI is InChI=1S/C22H25F3N10/c1-13(2)34-14(3)30-17-8-28-20(6-18(17)34)35(26)19-4-5-27-21(31-19)15-7-29-33(9-15)16-10-32(11-16)12-22(23,24)25/h4-9,13,16H,10-12,26H2,1-3H3. The minimum atomic E-state index is -4.20. The van der Waals surface area contributed by atoms with Crippen molar-refractivity contribution in [2.75, 3.05) is 24.6 Å². The zero-order chi connectivity index (χ0) is 24.9. The van der Waals surface area contributed by atoms with Crippen LogP contribution in [0, 0.1) is 6.92 Å². The van der Waals surface area contributed by atoms with Crippen molar-refractivity contribution < 1.29 is 13.2 Å². The van der Waals surface area contributed by atoms with Crippen LogP contribution in [0.5, 0.6) is 0 Å². The third kappa shape index (κ3) is 4.56. The number of nitrogens with two attached hydrogens (primary N) is 1. The first-order chi connectivity index (χ1) is 16.6. The Balaban J connectivity index is 1.35. The Morgan fingerprint density at radius 2 is 1.91 bits per heavy atom. The second-order valence-electron chi connectivity index (χ2n) is 8.93. The van der Waals surface area contributed by atoms with Crippen molar-refractivity contribution >= 4 is 22.7 Å². The monoisotopic (exact) mass is 486 g/mol. The SMILES string of the molecule is Cc1nc2cnc(N(N)c3ccnc(-c4cnn(C5CN(CC(F)(F)F)C5)c4)n3)cc2n1C(C)C. The van der Waals surface area contributed by atoms with E-state index in [0.717, 1.165) is 16.9 Å². The molecule has 35 heavy (non-hydrogen) atoms. The maximum Gasteiger partial charge on any atom is 0.401 e. The lowest BCUT2D eigenvalue weighted by Gasteiger charge is -2.39. The summed E-state index contributed by atoms with van der Waals surface area (Å²) in [7, 11) is 0. The van der Waals surface area contributed by atoms with E-state index < -0.39 is 12.7 Å². The first-order valence-corrected chi connectivity index (χ1v) is 11.1. The molecular weight excluding hydrogens is 461 g/mol. The van der Waals surface area contributed by atoms with E-state index >= 15 is 0 Å². The Bertz CT molecular complexity index is 1350. The van der Waals surface area contributed by atoms with Crippen LogP contribution in [0.25, 0.3) is 22.4 Å². The lowest BCUT2D eigenvalue weighted by Crippen LogP contribution is -2.51. The molecule has 1 aliphatic rings. The Hall–Kier alpha value is -3.58. The van der Waals surface area contributed by atoms with Crippen LogP contribution in [0.15, 0.2) is 36.9 Å². The van der Waals surface area contributed by atoms with Gasteiger partial charge in [-0.05, 0) is 20.8 Å². The predicted molar refractivity (Wildman–Crippen MR) is 124 cm³/mol. The highest BCUT2D eigenvalue weighted by Crippen LogP contribution is 2.29. The van der Waals surface area contributed by atoms with Crippen molar-refractivity contribution in [1.82, 2.24) is 39.2 Å². The highest BCUT2D eigenvalue weighted by molar-refractivity contribution is 5.79. The summed E-state index contributed by atoms with van der Waals surface area (Å²) >= 11 is 0. The number of hydrogen-bond donors (Lipinski definition) is 1. The van der Waals surface area contributed by atoms with Gasteiger partial charge in [0.2, 0.25) is 0 Å². The molecule has 5 heterocycles. The summed E-state index contributed by atoms with van der Waals surface area (Å²) < 4.78 is 41.4. The fourth-order valence-electron chi connectivity index (χ4n) is 4.38. The van der Waals surface area contributed by atoms with Gasteiger partial charge in [0, 0.05) is 43.7 Å². The summed E-state index contributed by atoms with van der Waals surface area (Å²) in [5.41, 5.74) is 2.36. The smallest absolute Gasteiger partial charge is 0.326 e. The first kappa shape index (κ1) is 23.2. The molecule has 0 radical (unpaired) electrons. The van der Waals surface area contributed by atoms with Crippen LogP contribution >= 0.6 is 0 Å². The van der Waals surface area contributed by atoms with Gasteiger partial charge in [-0.3, -0.25) is 9.58 Å². The van der Waals surface area contributed by atoms with Crippen molar-refractivity contribution in [1.29, 1.82) is 0 Å². The number of likely N-dealkylation sites (tertiary alicyclic amines) is 1. The van der Waals surface area contributed by atoms with E-state index in [9.17, 15) is 13.2 Å². The summed E-state index contributed by atoms with van der Waals surface area (Å²) in [6, 6.07) is 3.65. The van der Waals surface area contributed by atoms with Crippen LogP contribution in [0.4, 0.5) is 24.8 Å². The predicted octanol–water partition coefficient (Wildman–Crippen LogP) is 3.40. The number of aromatic nitrogens is 7. The second-order valence-corrected chi connectivity index (χ2v) is 8.93. The summed E-state index contributed by atoms with van der Waals surface area (Å²) in [6.07, 6.45) is 2.41. The number of anilines is 2. The number of alkyl halides is 3. The van der Waals surface area contributed by atoms with Crippen LogP contribution in [0.2, 0.25) is 0 Å². The van der Waals surface area contributed by atoms with Gasteiger partial charge < -0.3 is 4.57 Å². The van der Waals surface area contributed by atoms with E-state index in [1.165, 1.54) is 9.91 Å². The van der Waals surface area contributed by atoms with Gasteiger partial charge in [-0.25, -0.2) is 30.8 Å². The molecule has 0 aromatic carbocycles. The van der Waals surface area contributed by atoms with Crippen molar-refractivity contribution in [2.45, 2.75) is 39.0 Å². The lowest BCUT2D eigenvalue weighted by atomic mass is 10.1. The second kappa shape index (κ2) is 8.57. The quantitative estimate of drug-likeness (QED) is 0.327. The fourth-order valence-corrected chi connectivity index (χ4v) is 4.38. The van der Waals surface area contributed by atoms with E-state index in [2.05, 4.69) is 43.4 Å². The molecule has 4 aromatic rings. The summed E-state index contributed by atoms with van der Waals surface area (Å²) in [4.78, 5) is 19.2. The molecule has 13 heteroatoms. The first-order valence-electron chi connectivity index (χ1n) is 11.1. The zero-order valence-electron chi connectivity index (χ0n) is 19.5. The zero-order valence-corrected chi connectivity index (χ0v) is 19.5. The van der Waals surface area contributed by atoms with Crippen LogP contribution in [-0.4, -0.2) is 65.0 Å². The minimum absolute atomic E-state index is 0.120. The van der Waals surface area contributed by atoms with Crippen LogP contribution in [0.3, 0.4) is 0 Å². The topological polar surface area (TPSA) is 107 Å². The van der Waals surface area contributed by atoms with E-state index in [1.54, 1.807) is 35.5 Å². The van der Waals surface area contributed by atoms with Gasteiger partial charge in [-0.1, -0.05) is 0 Å². The molecule has 0 unspecified atom stereocenters. The number of pyridine rings is 1. The molecular formula is C22H25F3N10. The Labute approximate surface area is 199 Å². The Morgan fingerprint density at radius 3 is 2.63 bits per heavy atom. The molecule has 10 nitrogen and oxygen atoms in total. The fraction of sp³-hybridized carbons (Fsp3) is 0.409. The number of rotatable bonds is 6. The Kier molecular flexibility index (Phi) is 5.68. The van der Waals surface area contributed by atoms with Gasteiger partial charge in [0.25, 0.3) is 0 Å². The minimum Gasteiger partial charge on any atom is -0.326 e. The van der Waals surface area contributed by atoms with Gasteiger partial charge in [0.1, 0.15) is 11.3 Å². The summed E-state index contributed by atoms with van der Waals surface area (Å²) in [5.74, 6) is 8.60. The average Bonchev–Trinajstić information content (AvgIpc) is 3.38. The van der Waals surface area contributed by atoms with Crippen LogP contribution in [-0.2, 0) is 0 Å². The van der Waals surface area contributed by atoms with Crippen molar-refractivity contribution in [3.8, 4) is 11.4 Å². The number of halogens is 3. The normalized spacial score (nSPS) is 15.2. The number of fused-ring (bicyclic) bond motifs is 1. The summed E-state index contributed by atoms with van der Waals surface area (Å²) in [5, 5.41) is 5.68. The maximum absolute atomic E-state index is 12.5. The summed E-state index contributed by atoms with van der Waals surface area (Å²) in [6.45, 7) is 5.80. The number of hydrazine groups is 1. The molecule has 0 amide bonds. The van der Waals surface area contributed by atoms with Crippen molar-refractivity contribution in [3.63, 3.8) is 0 Å². The molecule has 4 aromatic heterocycles. The van der Waals surface area contributed by atoms with Crippen molar-refractivity contribution in [2.24, 2.45) is 5.84 Å². The molecule has 0 saturated carbocycles. The third-order valence-electron chi connectivity index (χ3n) is 5.96. The van der Waals surface area contributed by atoms with E-state index in [-0.39, 0.29) is 12.1 Å². The molecule has 0 atom stereocenters. The third-order valence-corrected chi connectivity index (χ3v) is 5.96.